The summed E-state index contributed by atoms with van der Waals surface area (Å²) in [7, 11) is 0. The van der Waals surface area contributed by atoms with Gasteiger partial charge in [0.15, 0.2) is 5.78 Å². The van der Waals surface area contributed by atoms with Crippen molar-refractivity contribution in [1.82, 2.24) is 0 Å². The van der Waals surface area contributed by atoms with Gasteiger partial charge < -0.3 is 5.11 Å². The molecule has 122 valence electrons. The van der Waals surface area contributed by atoms with Gasteiger partial charge in [-0.1, -0.05) is 39.5 Å². The van der Waals surface area contributed by atoms with E-state index in [1.807, 2.05) is 13.8 Å². The van der Waals surface area contributed by atoms with Gasteiger partial charge >= 0.3 is 0 Å². The smallest absolute Gasteiger partial charge is 0.161 e. The van der Waals surface area contributed by atoms with Crippen LogP contribution >= 0.6 is 0 Å². The van der Waals surface area contributed by atoms with E-state index in [0.29, 0.717) is 12.3 Å². The summed E-state index contributed by atoms with van der Waals surface area (Å²) < 4.78 is 13.7. The molecule has 0 aromatic carbocycles. The second-order valence-corrected chi connectivity index (χ2v) is 7.29. The summed E-state index contributed by atoms with van der Waals surface area (Å²) in [6.07, 6.45) is 8.14. The Morgan fingerprint density at radius 3 is 2.43 bits per heavy atom. The van der Waals surface area contributed by atoms with Crippen molar-refractivity contribution in [2.45, 2.75) is 78.3 Å². The van der Waals surface area contributed by atoms with Crippen LogP contribution in [0.3, 0.4) is 0 Å². The van der Waals surface area contributed by atoms with E-state index in [2.05, 4.69) is 0 Å². The van der Waals surface area contributed by atoms with Crippen molar-refractivity contribution < 1.29 is 14.3 Å². The number of hydrogen-bond acceptors (Lipinski definition) is 2. The summed E-state index contributed by atoms with van der Waals surface area (Å²) in [4.78, 5) is 12.2. The fourth-order valence-electron chi connectivity index (χ4n) is 3.31. The minimum absolute atomic E-state index is 0.0190. The van der Waals surface area contributed by atoms with Gasteiger partial charge in [0.05, 0.1) is 5.76 Å². The van der Waals surface area contributed by atoms with Gasteiger partial charge in [-0.25, -0.2) is 4.39 Å². The Kier molecular flexibility index (Phi) is 6.89. The highest BCUT2D eigenvalue weighted by Crippen LogP contribution is 2.31. The van der Waals surface area contributed by atoms with Crippen molar-refractivity contribution in [2.75, 3.05) is 0 Å². The topological polar surface area (TPSA) is 37.3 Å². The lowest BCUT2D eigenvalue weighted by molar-refractivity contribution is -0.118. The zero-order valence-corrected chi connectivity index (χ0v) is 14.0. The van der Waals surface area contributed by atoms with Gasteiger partial charge in [0.2, 0.25) is 0 Å². The molecular formula is C18H31FO2. The average Bonchev–Trinajstić information content (AvgIpc) is 2.87. The standard InChI is InChI=1S/C18H31FO2/c1-5-15(12-18(3,4)19)17(21)11-16(20)13(2)10-14-8-6-7-9-14/h11,13-15,21H,5-10,12H2,1-4H3/b17-11-. The van der Waals surface area contributed by atoms with Crippen LogP contribution in [0.1, 0.15) is 72.6 Å². The maximum atomic E-state index is 13.7. The number of carbonyl (C=O) groups is 1. The highest BCUT2D eigenvalue weighted by atomic mass is 19.1. The normalized spacial score (nSPS) is 20.5. The van der Waals surface area contributed by atoms with Crippen molar-refractivity contribution >= 4 is 5.78 Å². The molecular weight excluding hydrogens is 267 g/mol. The molecule has 2 unspecified atom stereocenters. The van der Waals surface area contributed by atoms with Crippen LogP contribution in [0.5, 0.6) is 0 Å². The molecule has 0 aromatic rings. The summed E-state index contributed by atoms with van der Waals surface area (Å²) >= 11 is 0. The predicted octanol–water partition coefficient (Wildman–Crippen LogP) is 5.38. The van der Waals surface area contributed by atoms with Crippen LogP contribution in [0.2, 0.25) is 0 Å². The molecule has 21 heavy (non-hydrogen) atoms. The molecule has 1 fully saturated rings. The monoisotopic (exact) mass is 298 g/mol. The number of halogens is 1. The minimum atomic E-state index is -1.33. The lowest BCUT2D eigenvalue weighted by Crippen LogP contribution is -2.20. The van der Waals surface area contributed by atoms with E-state index in [1.54, 1.807) is 0 Å². The summed E-state index contributed by atoms with van der Waals surface area (Å²) in [5, 5.41) is 10.1. The van der Waals surface area contributed by atoms with Gasteiger partial charge in [-0.05, 0) is 39.0 Å². The summed E-state index contributed by atoms with van der Waals surface area (Å²) in [6.45, 7) is 6.86. The molecule has 2 nitrogen and oxygen atoms in total. The number of allylic oxidation sites excluding steroid dienone is 2. The van der Waals surface area contributed by atoms with Crippen LogP contribution < -0.4 is 0 Å². The maximum absolute atomic E-state index is 13.7. The Bertz CT molecular complexity index is 362. The summed E-state index contributed by atoms with van der Waals surface area (Å²) in [6, 6.07) is 0. The molecule has 0 bridgehead atoms. The van der Waals surface area contributed by atoms with Crippen LogP contribution in [0.25, 0.3) is 0 Å². The lowest BCUT2D eigenvalue weighted by atomic mass is 9.88. The van der Waals surface area contributed by atoms with Crippen molar-refractivity contribution in [3.63, 3.8) is 0 Å². The molecule has 0 aliphatic heterocycles. The Morgan fingerprint density at radius 1 is 1.38 bits per heavy atom. The van der Waals surface area contributed by atoms with E-state index in [9.17, 15) is 14.3 Å². The van der Waals surface area contributed by atoms with Gasteiger partial charge in [-0.15, -0.1) is 0 Å². The van der Waals surface area contributed by atoms with Crippen LogP contribution in [0, 0.1) is 17.8 Å². The third-order valence-electron chi connectivity index (χ3n) is 4.58. The Balaban J connectivity index is 2.58. The number of aliphatic hydroxyl groups is 1. The third-order valence-corrected chi connectivity index (χ3v) is 4.58. The van der Waals surface area contributed by atoms with Crippen molar-refractivity contribution in [1.29, 1.82) is 0 Å². The summed E-state index contributed by atoms with van der Waals surface area (Å²) in [5.41, 5.74) is -1.33. The van der Waals surface area contributed by atoms with E-state index < -0.39 is 5.67 Å². The Morgan fingerprint density at radius 2 is 1.95 bits per heavy atom. The second kappa shape index (κ2) is 7.95. The van der Waals surface area contributed by atoms with E-state index >= 15 is 0 Å². The van der Waals surface area contributed by atoms with Gasteiger partial charge in [-0.2, -0.15) is 0 Å². The number of rotatable bonds is 8. The van der Waals surface area contributed by atoms with Gasteiger partial charge in [0.25, 0.3) is 0 Å². The third kappa shape index (κ3) is 6.62. The molecule has 3 heteroatoms. The molecule has 2 atom stereocenters. The van der Waals surface area contributed by atoms with Crippen molar-refractivity contribution in [3.8, 4) is 0 Å². The maximum Gasteiger partial charge on any atom is 0.161 e. The number of aliphatic hydroxyl groups excluding tert-OH is 1. The molecule has 0 spiro atoms. The molecule has 0 amide bonds. The van der Waals surface area contributed by atoms with E-state index in [4.69, 9.17) is 0 Å². The van der Waals surface area contributed by atoms with E-state index in [0.717, 1.165) is 6.42 Å². The molecule has 1 rings (SSSR count). The number of hydrogen-bond donors (Lipinski definition) is 1. The van der Waals surface area contributed by atoms with Gasteiger partial charge in [-0.3, -0.25) is 4.79 Å². The lowest BCUT2D eigenvalue weighted by Gasteiger charge is -2.22. The quantitative estimate of drug-likeness (QED) is 0.482. The zero-order chi connectivity index (χ0) is 16.0. The average molecular weight is 298 g/mol. The SMILES string of the molecule is CCC(CC(C)(C)F)/C(O)=C/C(=O)C(C)CC1CCCC1. The fraction of sp³-hybridized carbons (Fsp3) is 0.833. The number of ketones is 1. The fourth-order valence-corrected chi connectivity index (χ4v) is 3.31. The van der Waals surface area contributed by atoms with Gasteiger partial charge in [0.1, 0.15) is 5.67 Å². The first-order chi connectivity index (χ1) is 9.73. The van der Waals surface area contributed by atoms with Crippen molar-refractivity contribution in [2.24, 2.45) is 17.8 Å². The van der Waals surface area contributed by atoms with Crippen LogP contribution in [-0.4, -0.2) is 16.6 Å². The largest absolute Gasteiger partial charge is 0.512 e. The van der Waals surface area contributed by atoms with Gasteiger partial charge in [0, 0.05) is 17.9 Å². The first-order valence-electron chi connectivity index (χ1n) is 8.36. The highest BCUT2D eigenvalue weighted by molar-refractivity contribution is 5.91. The molecule has 1 aliphatic rings. The molecule has 0 saturated heterocycles. The highest BCUT2D eigenvalue weighted by Gasteiger charge is 2.26. The molecule has 1 saturated carbocycles. The number of alkyl halides is 1. The summed E-state index contributed by atoms with van der Waals surface area (Å²) in [5.74, 6) is 0.367. The van der Waals surface area contributed by atoms with Crippen LogP contribution in [0.4, 0.5) is 4.39 Å². The Hall–Kier alpha value is -0.860. The van der Waals surface area contributed by atoms with E-state index in [-0.39, 0.29) is 29.8 Å². The molecule has 1 N–H and O–H groups in total. The van der Waals surface area contributed by atoms with E-state index in [1.165, 1.54) is 45.6 Å². The molecule has 0 aromatic heterocycles. The molecule has 1 aliphatic carbocycles. The van der Waals surface area contributed by atoms with Crippen molar-refractivity contribution in [3.05, 3.63) is 11.8 Å². The molecule has 0 radical (unpaired) electrons. The first kappa shape index (κ1) is 18.2. The predicted molar refractivity (Wildman–Crippen MR) is 85.0 cm³/mol. The Labute approximate surface area is 128 Å². The van der Waals surface area contributed by atoms with Crippen LogP contribution in [-0.2, 0) is 4.79 Å². The minimum Gasteiger partial charge on any atom is -0.512 e. The number of carbonyl (C=O) groups excluding carboxylic acids is 1. The first-order valence-corrected chi connectivity index (χ1v) is 8.36. The van der Waals surface area contributed by atoms with Crippen LogP contribution in [0.15, 0.2) is 11.8 Å². The zero-order valence-electron chi connectivity index (χ0n) is 14.0. The molecule has 0 heterocycles. The second-order valence-electron chi connectivity index (χ2n) is 7.29.